The van der Waals surface area contributed by atoms with Gasteiger partial charge in [-0.2, -0.15) is 0 Å². The van der Waals surface area contributed by atoms with Crippen LogP contribution < -0.4 is 0 Å². The molecule has 0 aliphatic carbocycles. The number of carbonyl (C=O) groups is 1. The Hall–Kier alpha value is -1.41. The molecule has 18 heavy (non-hydrogen) atoms. The first-order chi connectivity index (χ1) is 8.37. The summed E-state index contributed by atoms with van der Waals surface area (Å²) in [6, 6.07) is 10.9. The van der Waals surface area contributed by atoms with E-state index in [0.717, 1.165) is 17.2 Å². The summed E-state index contributed by atoms with van der Waals surface area (Å²) in [7, 11) is -1.15. The van der Waals surface area contributed by atoms with Gasteiger partial charge in [0.2, 0.25) is 0 Å². The van der Waals surface area contributed by atoms with Crippen LogP contribution in [0.4, 0.5) is 0 Å². The van der Waals surface area contributed by atoms with E-state index in [2.05, 4.69) is 26.2 Å². The predicted molar refractivity (Wildman–Crippen MR) is 82.4 cm³/mol. The maximum absolute atomic E-state index is 11.8. The number of hydrogen-bond donors (Lipinski definition) is 0. The van der Waals surface area contributed by atoms with Crippen molar-refractivity contribution in [1.29, 1.82) is 0 Å². The highest BCUT2D eigenvalue weighted by molar-refractivity contribution is 6.76. The molecule has 0 fully saturated rings. The van der Waals surface area contributed by atoms with Crippen LogP contribution in [0.2, 0.25) is 25.7 Å². The molecule has 0 aliphatic heterocycles. The molecule has 0 unspecified atom stereocenters. The van der Waals surface area contributed by atoms with Gasteiger partial charge >= 0.3 is 0 Å². The lowest BCUT2D eigenvalue weighted by Gasteiger charge is -2.16. The number of hydrogen-bond acceptors (Lipinski definition) is 1. The largest absolute Gasteiger partial charge is 0.295 e. The van der Waals surface area contributed by atoms with Crippen LogP contribution in [0.25, 0.3) is 6.08 Å². The average molecular weight is 258 g/mol. The normalized spacial score (nSPS) is 11.7. The zero-order chi connectivity index (χ0) is 13.6. The number of rotatable bonds is 6. The third-order valence-corrected chi connectivity index (χ3v) is 4.03. The molecule has 0 bridgehead atoms. The van der Waals surface area contributed by atoms with E-state index in [0.29, 0.717) is 6.42 Å². The van der Waals surface area contributed by atoms with E-state index < -0.39 is 8.07 Å². The molecule has 0 amide bonds. The first-order valence-corrected chi connectivity index (χ1v) is 10.0. The standard InChI is InChI=1S/C16H22OSi/c1-14(13-18(2,3)4)12-16(17)11-10-15-8-6-5-7-9-15/h5-11H,1,12-13H2,2-4H3/b11-10+. The summed E-state index contributed by atoms with van der Waals surface area (Å²) in [6.07, 6.45) is 4.00. The average Bonchev–Trinajstić information content (AvgIpc) is 2.25. The minimum absolute atomic E-state index is 0.141. The number of ketones is 1. The molecule has 0 heterocycles. The quantitative estimate of drug-likeness (QED) is 0.415. The summed E-state index contributed by atoms with van der Waals surface area (Å²) in [6.45, 7) is 10.9. The van der Waals surface area contributed by atoms with Crippen LogP contribution >= 0.6 is 0 Å². The van der Waals surface area contributed by atoms with Crippen molar-refractivity contribution in [3.63, 3.8) is 0 Å². The van der Waals surface area contributed by atoms with Gasteiger partial charge in [-0.1, -0.05) is 68.2 Å². The molecule has 0 aliphatic rings. The van der Waals surface area contributed by atoms with E-state index in [1.807, 2.05) is 36.4 Å². The lowest BCUT2D eigenvalue weighted by atomic mass is 10.1. The molecule has 0 atom stereocenters. The van der Waals surface area contributed by atoms with Crippen molar-refractivity contribution < 1.29 is 4.79 Å². The lowest BCUT2D eigenvalue weighted by Crippen LogP contribution is -2.20. The van der Waals surface area contributed by atoms with Gasteiger partial charge in [-0.15, -0.1) is 0 Å². The summed E-state index contributed by atoms with van der Waals surface area (Å²) < 4.78 is 0. The van der Waals surface area contributed by atoms with Crippen LogP contribution in [0.15, 0.2) is 48.6 Å². The Morgan fingerprint density at radius 2 is 1.83 bits per heavy atom. The third-order valence-electron chi connectivity index (χ3n) is 2.47. The van der Waals surface area contributed by atoms with Gasteiger partial charge in [0, 0.05) is 14.5 Å². The Balaban J connectivity index is 2.47. The van der Waals surface area contributed by atoms with E-state index in [-0.39, 0.29) is 5.78 Å². The maximum atomic E-state index is 11.8. The highest BCUT2D eigenvalue weighted by Crippen LogP contribution is 2.17. The SMILES string of the molecule is C=C(CC(=O)/C=C/c1ccccc1)C[Si](C)(C)C. The van der Waals surface area contributed by atoms with Gasteiger partial charge in [0.1, 0.15) is 0 Å². The number of allylic oxidation sites excluding steroid dienone is 2. The third kappa shape index (κ3) is 6.35. The number of benzene rings is 1. The van der Waals surface area contributed by atoms with Crippen LogP contribution in [0.1, 0.15) is 12.0 Å². The number of carbonyl (C=O) groups excluding carboxylic acids is 1. The second kappa shape index (κ2) is 6.50. The van der Waals surface area contributed by atoms with Crippen LogP contribution in [-0.4, -0.2) is 13.9 Å². The molecule has 96 valence electrons. The van der Waals surface area contributed by atoms with Gasteiger partial charge < -0.3 is 0 Å². The highest BCUT2D eigenvalue weighted by atomic mass is 28.3. The van der Waals surface area contributed by atoms with E-state index in [4.69, 9.17) is 0 Å². The minimum atomic E-state index is -1.15. The van der Waals surface area contributed by atoms with Crippen molar-refractivity contribution >= 4 is 19.9 Å². The van der Waals surface area contributed by atoms with Crippen molar-refractivity contribution in [2.24, 2.45) is 0 Å². The first-order valence-electron chi connectivity index (χ1n) is 6.29. The predicted octanol–water partition coefficient (Wildman–Crippen LogP) is 4.55. The zero-order valence-electron chi connectivity index (χ0n) is 11.6. The van der Waals surface area contributed by atoms with E-state index >= 15 is 0 Å². The van der Waals surface area contributed by atoms with Gasteiger partial charge in [0.25, 0.3) is 0 Å². The van der Waals surface area contributed by atoms with Crippen LogP contribution in [0.3, 0.4) is 0 Å². The van der Waals surface area contributed by atoms with Crippen LogP contribution in [0.5, 0.6) is 0 Å². The van der Waals surface area contributed by atoms with E-state index in [1.165, 1.54) is 0 Å². The summed E-state index contributed by atoms with van der Waals surface area (Å²) in [4.78, 5) is 11.8. The molecule has 1 aromatic rings. The van der Waals surface area contributed by atoms with Gasteiger partial charge in [-0.3, -0.25) is 4.79 Å². The molecule has 1 rings (SSSR count). The summed E-state index contributed by atoms with van der Waals surface area (Å²) in [5.74, 6) is 0.141. The molecule has 0 aromatic heterocycles. The van der Waals surface area contributed by atoms with Crippen molar-refractivity contribution in [2.75, 3.05) is 0 Å². The van der Waals surface area contributed by atoms with Crippen molar-refractivity contribution in [1.82, 2.24) is 0 Å². The second-order valence-electron chi connectivity index (χ2n) is 5.87. The monoisotopic (exact) mass is 258 g/mol. The fourth-order valence-corrected chi connectivity index (χ4v) is 3.50. The maximum Gasteiger partial charge on any atom is 0.159 e. The van der Waals surface area contributed by atoms with Crippen LogP contribution in [-0.2, 0) is 4.79 Å². The molecule has 0 N–H and O–H groups in total. The molecule has 0 spiro atoms. The van der Waals surface area contributed by atoms with E-state index in [9.17, 15) is 4.79 Å². The Morgan fingerprint density at radius 3 is 2.39 bits per heavy atom. The Morgan fingerprint density at radius 1 is 1.22 bits per heavy atom. The van der Waals surface area contributed by atoms with Gasteiger partial charge in [-0.25, -0.2) is 0 Å². The summed E-state index contributed by atoms with van der Waals surface area (Å²) >= 11 is 0. The molecule has 0 radical (unpaired) electrons. The Kier molecular flexibility index (Phi) is 5.29. The summed E-state index contributed by atoms with van der Waals surface area (Å²) in [5.41, 5.74) is 2.12. The minimum Gasteiger partial charge on any atom is -0.295 e. The van der Waals surface area contributed by atoms with Crippen molar-refractivity contribution in [3.8, 4) is 0 Å². The van der Waals surface area contributed by atoms with Crippen LogP contribution in [0, 0.1) is 0 Å². The first kappa shape index (κ1) is 14.6. The fourth-order valence-electron chi connectivity index (χ4n) is 1.87. The van der Waals surface area contributed by atoms with Gasteiger partial charge in [0.05, 0.1) is 0 Å². The summed E-state index contributed by atoms with van der Waals surface area (Å²) in [5, 5.41) is 0. The van der Waals surface area contributed by atoms with Crippen molar-refractivity contribution in [3.05, 3.63) is 54.1 Å². The topological polar surface area (TPSA) is 17.1 Å². The second-order valence-corrected chi connectivity index (χ2v) is 11.3. The Bertz CT molecular complexity index is 438. The van der Waals surface area contributed by atoms with Gasteiger partial charge in [-0.05, 0) is 17.7 Å². The molecule has 0 saturated carbocycles. The molecule has 0 saturated heterocycles. The smallest absolute Gasteiger partial charge is 0.159 e. The molecule has 1 nitrogen and oxygen atoms in total. The van der Waals surface area contributed by atoms with Crippen molar-refractivity contribution in [2.45, 2.75) is 32.1 Å². The van der Waals surface area contributed by atoms with Gasteiger partial charge in [0.15, 0.2) is 5.78 Å². The fraction of sp³-hybridized carbons (Fsp3) is 0.312. The molecule has 2 heteroatoms. The molecule has 1 aromatic carbocycles. The molecular formula is C16H22OSi. The molecular weight excluding hydrogens is 236 g/mol. The highest BCUT2D eigenvalue weighted by Gasteiger charge is 2.15. The lowest BCUT2D eigenvalue weighted by molar-refractivity contribution is -0.113. The Labute approximate surface area is 111 Å². The zero-order valence-corrected chi connectivity index (χ0v) is 12.6. The van der Waals surface area contributed by atoms with E-state index in [1.54, 1.807) is 6.08 Å².